The largest absolute Gasteiger partial charge is 0.459 e. The lowest BCUT2D eigenvalue weighted by Crippen LogP contribution is -2.42. The third kappa shape index (κ3) is 7.41. The van der Waals surface area contributed by atoms with E-state index in [-0.39, 0.29) is 12.5 Å². The molecule has 0 saturated carbocycles. The molecule has 1 aromatic carbocycles. The predicted octanol–water partition coefficient (Wildman–Crippen LogP) is 2.76. The summed E-state index contributed by atoms with van der Waals surface area (Å²) in [5.74, 6) is 0.362. The molecule has 0 atom stereocenters. The lowest BCUT2D eigenvalue weighted by Gasteiger charge is -2.23. The van der Waals surface area contributed by atoms with Crippen LogP contribution in [-0.4, -0.2) is 49.3 Å². The summed E-state index contributed by atoms with van der Waals surface area (Å²) in [6, 6.07) is 8.41. The van der Waals surface area contributed by atoms with Gasteiger partial charge in [0.2, 0.25) is 0 Å². The minimum absolute atomic E-state index is 0.0969. The highest BCUT2D eigenvalue weighted by molar-refractivity contribution is 7.98. The van der Waals surface area contributed by atoms with Crippen LogP contribution < -0.4 is 5.32 Å². The number of carbonyl (C=O) groups is 1. The number of benzene rings is 1. The fraction of sp³-hybridized carbons (Fsp3) is 0.529. The number of carbonyl (C=O) groups excluding carboxylic acids is 1. The van der Waals surface area contributed by atoms with Crippen LogP contribution in [-0.2, 0) is 16.1 Å². The van der Waals surface area contributed by atoms with Gasteiger partial charge in [-0.2, -0.15) is 0 Å². The molecule has 1 aromatic rings. The smallest absolute Gasteiger partial charge is 0.325 e. The maximum Gasteiger partial charge on any atom is 0.325 e. The number of hydrogen-bond acceptors (Lipinski definition) is 4. The lowest BCUT2D eigenvalue weighted by molar-refractivity contribution is -0.153. The van der Waals surface area contributed by atoms with E-state index in [0.29, 0.717) is 12.5 Å². The second-order valence-electron chi connectivity index (χ2n) is 6.19. The fourth-order valence-corrected chi connectivity index (χ4v) is 2.40. The topological polar surface area (TPSA) is 53.9 Å². The average Bonchev–Trinajstić information content (AvgIpc) is 2.46. The Labute approximate surface area is 143 Å². The Kier molecular flexibility index (Phi) is 7.42. The predicted molar refractivity (Wildman–Crippen MR) is 96.9 cm³/mol. The van der Waals surface area contributed by atoms with E-state index in [1.165, 1.54) is 10.5 Å². The van der Waals surface area contributed by atoms with Gasteiger partial charge in [0, 0.05) is 25.5 Å². The molecule has 0 saturated heterocycles. The van der Waals surface area contributed by atoms with Gasteiger partial charge < -0.3 is 15.0 Å². The Hall–Kier alpha value is -1.69. The summed E-state index contributed by atoms with van der Waals surface area (Å²) in [5.41, 5.74) is 0.707. The molecule has 0 amide bonds. The Morgan fingerprint density at radius 2 is 1.91 bits per heavy atom. The molecule has 1 rings (SSSR count). The molecule has 0 unspecified atom stereocenters. The summed E-state index contributed by atoms with van der Waals surface area (Å²) in [7, 11) is 3.64. The number of nitrogens with one attached hydrogen (secondary N) is 1. The third-order valence-electron chi connectivity index (χ3n) is 2.96. The Bertz CT molecular complexity index is 536. The van der Waals surface area contributed by atoms with Gasteiger partial charge in [0.1, 0.15) is 12.1 Å². The van der Waals surface area contributed by atoms with E-state index in [9.17, 15) is 4.79 Å². The molecule has 23 heavy (non-hydrogen) atoms. The number of esters is 1. The van der Waals surface area contributed by atoms with Crippen molar-refractivity contribution in [1.29, 1.82) is 0 Å². The van der Waals surface area contributed by atoms with Crippen molar-refractivity contribution in [3.05, 3.63) is 29.8 Å². The van der Waals surface area contributed by atoms with Gasteiger partial charge in [0.15, 0.2) is 5.96 Å². The molecule has 0 aromatic heterocycles. The van der Waals surface area contributed by atoms with E-state index in [1.807, 2.05) is 32.7 Å². The van der Waals surface area contributed by atoms with E-state index in [4.69, 9.17) is 4.74 Å². The van der Waals surface area contributed by atoms with Crippen molar-refractivity contribution >= 4 is 23.7 Å². The standard InChI is InChI=1S/C17H27N3O2S/c1-17(2,3)22-15(21)11-19-16(18-4)20(5)12-13-7-9-14(23-6)10-8-13/h7-10H,11-12H2,1-6H3,(H,18,19). The Morgan fingerprint density at radius 3 is 2.39 bits per heavy atom. The zero-order valence-corrected chi connectivity index (χ0v) is 15.7. The van der Waals surface area contributed by atoms with Crippen molar-refractivity contribution in [2.45, 2.75) is 37.8 Å². The van der Waals surface area contributed by atoms with Crippen molar-refractivity contribution < 1.29 is 9.53 Å². The van der Waals surface area contributed by atoms with E-state index in [1.54, 1.807) is 18.8 Å². The fourth-order valence-electron chi connectivity index (χ4n) is 1.99. The van der Waals surface area contributed by atoms with Crippen molar-refractivity contribution in [3.8, 4) is 0 Å². The van der Waals surface area contributed by atoms with Gasteiger partial charge in [-0.1, -0.05) is 12.1 Å². The highest BCUT2D eigenvalue weighted by Gasteiger charge is 2.17. The van der Waals surface area contributed by atoms with Gasteiger partial charge in [0.25, 0.3) is 0 Å². The molecule has 0 fully saturated rings. The number of nitrogens with zero attached hydrogens (tertiary/aromatic N) is 2. The van der Waals surface area contributed by atoms with Crippen LogP contribution >= 0.6 is 11.8 Å². The maximum atomic E-state index is 11.8. The van der Waals surface area contributed by atoms with Crippen LogP contribution in [0.25, 0.3) is 0 Å². The average molecular weight is 337 g/mol. The first kappa shape index (κ1) is 19.4. The zero-order valence-electron chi connectivity index (χ0n) is 14.8. The summed E-state index contributed by atoms with van der Waals surface area (Å²) >= 11 is 1.72. The van der Waals surface area contributed by atoms with Gasteiger partial charge in [-0.15, -0.1) is 11.8 Å². The highest BCUT2D eigenvalue weighted by atomic mass is 32.2. The SMILES string of the molecule is CN=C(NCC(=O)OC(C)(C)C)N(C)Cc1ccc(SC)cc1. The molecular weight excluding hydrogens is 310 g/mol. The zero-order chi connectivity index (χ0) is 17.5. The second kappa shape index (κ2) is 8.82. The number of thioether (sulfide) groups is 1. The molecule has 0 heterocycles. The van der Waals surface area contributed by atoms with Crippen molar-refractivity contribution in [2.24, 2.45) is 4.99 Å². The first-order valence-electron chi connectivity index (χ1n) is 7.51. The summed E-state index contributed by atoms with van der Waals surface area (Å²) < 4.78 is 5.28. The van der Waals surface area contributed by atoms with Crippen LogP contribution in [0.5, 0.6) is 0 Å². The van der Waals surface area contributed by atoms with Gasteiger partial charge in [-0.25, -0.2) is 0 Å². The van der Waals surface area contributed by atoms with Gasteiger partial charge in [-0.05, 0) is 44.7 Å². The number of guanidine groups is 1. The summed E-state index contributed by atoms with van der Waals surface area (Å²) in [4.78, 5) is 19.2. The third-order valence-corrected chi connectivity index (χ3v) is 3.71. The minimum Gasteiger partial charge on any atom is -0.459 e. The molecule has 6 heteroatoms. The Morgan fingerprint density at radius 1 is 1.30 bits per heavy atom. The maximum absolute atomic E-state index is 11.8. The number of rotatable bonds is 5. The lowest BCUT2D eigenvalue weighted by atomic mass is 10.2. The quantitative estimate of drug-likeness (QED) is 0.387. The number of hydrogen-bond donors (Lipinski definition) is 1. The van der Waals surface area contributed by atoms with Crippen molar-refractivity contribution in [2.75, 3.05) is 26.9 Å². The first-order valence-corrected chi connectivity index (χ1v) is 8.74. The highest BCUT2D eigenvalue weighted by Crippen LogP contribution is 2.15. The van der Waals surface area contributed by atoms with Gasteiger partial charge in [-0.3, -0.25) is 9.79 Å². The molecule has 0 aliphatic rings. The molecule has 0 aliphatic heterocycles. The van der Waals surface area contributed by atoms with E-state index in [2.05, 4.69) is 40.8 Å². The molecular formula is C17H27N3O2S. The van der Waals surface area contributed by atoms with Crippen LogP contribution in [0.3, 0.4) is 0 Å². The summed E-state index contributed by atoms with van der Waals surface area (Å²) in [6.45, 7) is 6.36. The van der Waals surface area contributed by atoms with E-state index >= 15 is 0 Å². The monoisotopic (exact) mass is 337 g/mol. The number of ether oxygens (including phenoxy) is 1. The molecule has 1 N–H and O–H groups in total. The molecule has 5 nitrogen and oxygen atoms in total. The molecule has 128 valence electrons. The van der Waals surface area contributed by atoms with Crippen molar-refractivity contribution in [3.63, 3.8) is 0 Å². The summed E-state index contributed by atoms with van der Waals surface area (Å²) in [6.07, 6.45) is 2.06. The van der Waals surface area contributed by atoms with Gasteiger partial charge >= 0.3 is 5.97 Å². The number of aliphatic imine (C=N–C) groups is 1. The van der Waals surface area contributed by atoms with Crippen LogP contribution in [0, 0.1) is 0 Å². The van der Waals surface area contributed by atoms with Gasteiger partial charge in [0.05, 0.1) is 0 Å². The molecule has 0 spiro atoms. The molecule has 0 radical (unpaired) electrons. The van der Waals surface area contributed by atoms with Crippen LogP contribution in [0.4, 0.5) is 0 Å². The summed E-state index contributed by atoms with van der Waals surface area (Å²) in [5, 5.41) is 3.03. The van der Waals surface area contributed by atoms with Crippen LogP contribution in [0.1, 0.15) is 26.3 Å². The molecule has 0 bridgehead atoms. The minimum atomic E-state index is -0.479. The van der Waals surface area contributed by atoms with Crippen LogP contribution in [0.15, 0.2) is 34.2 Å². The normalized spacial score (nSPS) is 12.0. The molecule has 0 aliphatic carbocycles. The first-order chi connectivity index (χ1) is 10.7. The van der Waals surface area contributed by atoms with Crippen molar-refractivity contribution in [1.82, 2.24) is 10.2 Å². The second-order valence-corrected chi connectivity index (χ2v) is 7.07. The van der Waals surface area contributed by atoms with E-state index < -0.39 is 5.60 Å². The Balaban J connectivity index is 2.54. The van der Waals surface area contributed by atoms with E-state index in [0.717, 1.165) is 0 Å². The van der Waals surface area contributed by atoms with Crippen LogP contribution in [0.2, 0.25) is 0 Å².